The second-order valence-corrected chi connectivity index (χ2v) is 7.36. The van der Waals surface area contributed by atoms with Crippen LogP contribution in [0.4, 0.5) is 0 Å². The van der Waals surface area contributed by atoms with Gasteiger partial charge in [0.25, 0.3) is 0 Å². The van der Waals surface area contributed by atoms with Crippen LogP contribution in [0.5, 0.6) is 0 Å². The second kappa shape index (κ2) is 6.30. The SMILES string of the molecule is CCCc1cccc(C(C)(C)C2CCC(C)CC2N)c1. The molecule has 0 aliphatic heterocycles. The maximum Gasteiger partial charge on any atom is 0.00780 e. The maximum absolute atomic E-state index is 6.49. The molecule has 2 rings (SSSR count). The number of benzene rings is 1. The monoisotopic (exact) mass is 273 g/mol. The number of hydrogen-bond acceptors (Lipinski definition) is 1. The van der Waals surface area contributed by atoms with Gasteiger partial charge in [-0.15, -0.1) is 0 Å². The van der Waals surface area contributed by atoms with Crippen molar-refractivity contribution < 1.29 is 0 Å². The molecule has 3 atom stereocenters. The van der Waals surface area contributed by atoms with E-state index in [0.717, 1.165) is 5.92 Å². The van der Waals surface area contributed by atoms with E-state index in [1.165, 1.54) is 43.2 Å². The van der Waals surface area contributed by atoms with E-state index in [2.05, 4.69) is 52.0 Å². The normalized spacial score (nSPS) is 27.6. The van der Waals surface area contributed by atoms with Gasteiger partial charge in [0.1, 0.15) is 0 Å². The van der Waals surface area contributed by atoms with Crippen molar-refractivity contribution in [3.05, 3.63) is 35.4 Å². The molecule has 1 saturated carbocycles. The van der Waals surface area contributed by atoms with Crippen LogP contribution in [0.3, 0.4) is 0 Å². The number of aryl methyl sites for hydroxylation is 1. The third kappa shape index (κ3) is 3.25. The molecule has 1 nitrogen and oxygen atoms in total. The van der Waals surface area contributed by atoms with Crippen LogP contribution in [0.1, 0.15) is 64.5 Å². The van der Waals surface area contributed by atoms with Gasteiger partial charge in [-0.3, -0.25) is 0 Å². The molecule has 112 valence electrons. The largest absolute Gasteiger partial charge is 0.327 e. The molecule has 0 amide bonds. The Labute approximate surface area is 125 Å². The van der Waals surface area contributed by atoms with Gasteiger partial charge >= 0.3 is 0 Å². The van der Waals surface area contributed by atoms with Gasteiger partial charge in [-0.25, -0.2) is 0 Å². The number of hydrogen-bond donors (Lipinski definition) is 1. The van der Waals surface area contributed by atoms with E-state index in [1.807, 2.05) is 0 Å². The molecule has 3 unspecified atom stereocenters. The van der Waals surface area contributed by atoms with Gasteiger partial charge in [-0.05, 0) is 47.6 Å². The molecule has 2 N–H and O–H groups in total. The first-order valence-electron chi connectivity index (χ1n) is 8.30. The van der Waals surface area contributed by atoms with Crippen LogP contribution < -0.4 is 5.73 Å². The summed E-state index contributed by atoms with van der Waals surface area (Å²) in [5.74, 6) is 1.40. The fourth-order valence-corrected chi connectivity index (χ4v) is 3.95. The summed E-state index contributed by atoms with van der Waals surface area (Å²) in [6.07, 6.45) is 6.18. The first-order valence-corrected chi connectivity index (χ1v) is 8.30. The quantitative estimate of drug-likeness (QED) is 0.847. The lowest BCUT2D eigenvalue weighted by atomic mass is 9.64. The summed E-state index contributed by atoms with van der Waals surface area (Å²) < 4.78 is 0. The predicted molar refractivity (Wildman–Crippen MR) is 87.9 cm³/mol. The minimum absolute atomic E-state index is 0.184. The van der Waals surface area contributed by atoms with Crippen LogP contribution in [0, 0.1) is 11.8 Å². The zero-order valence-corrected chi connectivity index (χ0v) is 13.7. The summed E-state index contributed by atoms with van der Waals surface area (Å²) in [5.41, 5.74) is 9.61. The Morgan fingerprint density at radius 3 is 2.65 bits per heavy atom. The Morgan fingerprint density at radius 2 is 2.00 bits per heavy atom. The third-order valence-corrected chi connectivity index (χ3v) is 5.30. The summed E-state index contributed by atoms with van der Waals surface area (Å²) in [6.45, 7) is 9.36. The van der Waals surface area contributed by atoms with Gasteiger partial charge in [0.15, 0.2) is 0 Å². The summed E-state index contributed by atoms with van der Waals surface area (Å²) in [4.78, 5) is 0. The Kier molecular flexibility index (Phi) is 4.90. The minimum atomic E-state index is 0.184. The summed E-state index contributed by atoms with van der Waals surface area (Å²) in [7, 11) is 0. The van der Waals surface area contributed by atoms with E-state index in [-0.39, 0.29) is 5.41 Å². The Morgan fingerprint density at radius 1 is 1.25 bits per heavy atom. The molecule has 0 saturated heterocycles. The van der Waals surface area contributed by atoms with Crippen molar-refractivity contribution in [1.29, 1.82) is 0 Å². The lowest BCUT2D eigenvalue weighted by molar-refractivity contribution is 0.171. The molecule has 1 aromatic carbocycles. The minimum Gasteiger partial charge on any atom is -0.327 e. The second-order valence-electron chi connectivity index (χ2n) is 7.36. The first kappa shape index (κ1) is 15.6. The molecule has 1 aromatic rings. The highest BCUT2D eigenvalue weighted by atomic mass is 14.7. The van der Waals surface area contributed by atoms with Crippen molar-refractivity contribution >= 4 is 0 Å². The highest BCUT2D eigenvalue weighted by Gasteiger charge is 2.38. The molecule has 0 radical (unpaired) electrons. The van der Waals surface area contributed by atoms with Gasteiger partial charge in [-0.2, -0.15) is 0 Å². The first-order chi connectivity index (χ1) is 9.45. The highest BCUT2D eigenvalue weighted by Crippen LogP contribution is 2.41. The summed E-state index contributed by atoms with van der Waals surface area (Å²) >= 11 is 0. The predicted octanol–water partition coefficient (Wildman–Crippen LogP) is 4.68. The van der Waals surface area contributed by atoms with Gasteiger partial charge in [0, 0.05) is 6.04 Å². The van der Waals surface area contributed by atoms with Crippen molar-refractivity contribution in [3.8, 4) is 0 Å². The molecule has 1 aliphatic carbocycles. The molecule has 1 fully saturated rings. The molecule has 1 aliphatic rings. The molecule has 0 aromatic heterocycles. The van der Waals surface area contributed by atoms with E-state index >= 15 is 0 Å². The zero-order chi connectivity index (χ0) is 14.8. The van der Waals surface area contributed by atoms with Crippen molar-refractivity contribution in [1.82, 2.24) is 0 Å². The van der Waals surface area contributed by atoms with E-state index in [0.29, 0.717) is 12.0 Å². The fourth-order valence-electron chi connectivity index (χ4n) is 3.95. The van der Waals surface area contributed by atoms with Gasteiger partial charge < -0.3 is 5.73 Å². The molecule has 0 bridgehead atoms. The van der Waals surface area contributed by atoms with Crippen molar-refractivity contribution in [2.45, 2.75) is 71.3 Å². The summed E-state index contributed by atoms with van der Waals surface area (Å²) in [5, 5.41) is 0. The van der Waals surface area contributed by atoms with Gasteiger partial charge in [0.05, 0.1) is 0 Å². The lowest BCUT2D eigenvalue weighted by Gasteiger charge is -2.43. The molecule has 1 heteroatoms. The van der Waals surface area contributed by atoms with Crippen LogP contribution >= 0.6 is 0 Å². The van der Waals surface area contributed by atoms with Crippen LogP contribution in [0.25, 0.3) is 0 Å². The average Bonchev–Trinajstić information content (AvgIpc) is 2.39. The molecule has 20 heavy (non-hydrogen) atoms. The molecular formula is C19H31N. The maximum atomic E-state index is 6.49. The molecule has 0 spiro atoms. The lowest BCUT2D eigenvalue weighted by Crippen LogP contribution is -2.45. The number of nitrogens with two attached hydrogens (primary N) is 1. The van der Waals surface area contributed by atoms with Gasteiger partial charge in [0.2, 0.25) is 0 Å². The number of rotatable bonds is 4. The van der Waals surface area contributed by atoms with Crippen LogP contribution in [-0.2, 0) is 11.8 Å². The van der Waals surface area contributed by atoms with Crippen LogP contribution in [0.2, 0.25) is 0 Å². The third-order valence-electron chi connectivity index (χ3n) is 5.30. The fraction of sp³-hybridized carbons (Fsp3) is 0.684. The Balaban J connectivity index is 2.22. The molecule has 0 heterocycles. The Bertz CT molecular complexity index is 435. The van der Waals surface area contributed by atoms with Crippen molar-refractivity contribution in [2.75, 3.05) is 0 Å². The van der Waals surface area contributed by atoms with Crippen LogP contribution in [0.15, 0.2) is 24.3 Å². The van der Waals surface area contributed by atoms with E-state index in [1.54, 1.807) is 0 Å². The van der Waals surface area contributed by atoms with Gasteiger partial charge in [-0.1, -0.05) is 64.8 Å². The average molecular weight is 273 g/mol. The van der Waals surface area contributed by atoms with E-state index < -0.39 is 0 Å². The van der Waals surface area contributed by atoms with E-state index in [4.69, 9.17) is 5.73 Å². The summed E-state index contributed by atoms with van der Waals surface area (Å²) in [6, 6.07) is 9.53. The van der Waals surface area contributed by atoms with E-state index in [9.17, 15) is 0 Å². The van der Waals surface area contributed by atoms with Crippen molar-refractivity contribution in [2.24, 2.45) is 17.6 Å². The molecular weight excluding hydrogens is 242 g/mol. The Hall–Kier alpha value is -0.820. The smallest absolute Gasteiger partial charge is 0.00780 e. The zero-order valence-electron chi connectivity index (χ0n) is 13.7. The van der Waals surface area contributed by atoms with Crippen LogP contribution in [-0.4, -0.2) is 6.04 Å². The standard InChI is InChI=1S/C19H31N/c1-5-7-15-8-6-9-16(13-15)19(3,4)17-11-10-14(2)12-18(17)20/h6,8-9,13-14,17-18H,5,7,10-12,20H2,1-4H3. The topological polar surface area (TPSA) is 26.0 Å². The van der Waals surface area contributed by atoms with Crippen molar-refractivity contribution in [3.63, 3.8) is 0 Å². The highest BCUT2D eigenvalue weighted by molar-refractivity contribution is 5.30.